The van der Waals surface area contributed by atoms with Gasteiger partial charge in [0.2, 0.25) is 0 Å². The molecule has 28 heavy (non-hydrogen) atoms. The summed E-state index contributed by atoms with van der Waals surface area (Å²) >= 11 is 0. The standard InChI is InChI=1S/C23H31N3O.HI/c1-19-8-10-20(11-9-19)12-14-25-23(24-2)26-15-13-22(16-26)18-27-17-21-6-4-3-5-7-21;/h3-11,22H,12-18H2,1-2H3,(H,24,25);1H. The first kappa shape index (κ1) is 22.7. The van der Waals surface area contributed by atoms with Crippen molar-refractivity contribution >= 4 is 29.9 Å². The topological polar surface area (TPSA) is 36.9 Å². The second-order valence-corrected chi connectivity index (χ2v) is 7.31. The van der Waals surface area contributed by atoms with Crippen molar-refractivity contribution in [3.05, 3.63) is 71.3 Å². The summed E-state index contributed by atoms with van der Waals surface area (Å²) in [5.41, 5.74) is 3.90. The van der Waals surface area contributed by atoms with Gasteiger partial charge in [-0.15, -0.1) is 24.0 Å². The maximum atomic E-state index is 5.93. The average molecular weight is 493 g/mol. The average Bonchev–Trinajstić information content (AvgIpc) is 3.16. The van der Waals surface area contributed by atoms with Gasteiger partial charge >= 0.3 is 0 Å². The van der Waals surface area contributed by atoms with E-state index in [0.29, 0.717) is 12.5 Å². The minimum absolute atomic E-state index is 0. The molecule has 0 spiro atoms. The van der Waals surface area contributed by atoms with Gasteiger partial charge in [0.25, 0.3) is 0 Å². The van der Waals surface area contributed by atoms with Crippen LogP contribution in [0.5, 0.6) is 0 Å². The van der Waals surface area contributed by atoms with Crippen molar-refractivity contribution in [2.24, 2.45) is 10.9 Å². The highest BCUT2D eigenvalue weighted by Crippen LogP contribution is 2.17. The van der Waals surface area contributed by atoms with Crippen LogP contribution >= 0.6 is 24.0 Å². The quantitative estimate of drug-likeness (QED) is 0.356. The van der Waals surface area contributed by atoms with Gasteiger partial charge in [-0.1, -0.05) is 60.2 Å². The number of ether oxygens (including phenoxy) is 1. The number of hydrogen-bond acceptors (Lipinski definition) is 2. The van der Waals surface area contributed by atoms with E-state index >= 15 is 0 Å². The predicted molar refractivity (Wildman–Crippen MR) is 127 cm³/mol. The minimum atomic E-state index is 0. The van der Waals surface area contributed by atoms with Crippen LogP contribution in [0.1, 0.15) is 23.1 Å². The van der Waals surface area contributed by atoms with Crippen LogP contribution in [0.25, 0.3) is 0 Å². The van der Waals surface area contributed by atoms with E-state index in [1.165, 1.54) is 16.7 Å². The fourth-order valence-electron chi connectivity index (χ4n) is 3.48. The summed E-state index contributed by atoms with van der Waals surface area (Å²) < 4.78 is 5.93. The Labute approximate surface area is 186 Å². The molecule has 1 atom stereocenters. The molecule has 1 N–H and O–H groups in total. The number of nitrogens with zero attached hydrogens (tertiary/aromatic N) is 2. The maximum Gasteiger partial charge on any atom is 0.193 e. The van der Waals surface area contributed by atoms with Crippen molar-refractivity contribution in [2.45, 2.75) is 26.4 Å². The van der Waals surface area contributed by atoms with Crippen LogP contribution < -0.4 is 5.32 Å². The van der Waals surface area contributed by atoms with Crippen LogP contribution in [0.4, 0.5) is 0 Å². The molecule has 4 nitrogen and oxygen atoms in total. The SMILES string of the molecule is CN=C(NCCc1ccc(C)cc1)N1CCC(COCc2ccccc2)C1.I. The van der Waals surface area contributed by atoms with E-state index in [2.05, 4.69) is 70.7 Å². The van der Waals surface area contributed by atoms with Crippen molar-refractivity contribution in [1.29, 1.82) is 0 Å². The fraction of sp³-hybridized carbons (Fsp3) is 0.435. The lowest BCUT2D eigenvalue weighted by Gasteiger charge is -2.21. The summed E-state index contributed by atoms with van der Waals surface area (Å²) in [5.74, 6) is 1.58. The monoisotopic (exact) mass is 493 g/mol. The van der Waals surface area contributed by atoms with Crippen LogP contribution in [-0.2, 0) is 17.8 Å². The maximum absolute atomic E-state index is 5.93. The van der Waals surface area contributed by atoms with Gasteiger partial charge < -0.3 is 15.0 Å². The molecule has 3 rings (SSSR count). The van der Waals surface area contributed by atoms with E-state index in [9.17, 15) is 0 Å². The lowest BCUT2D eigenvalue weighted by molar-refractivity contribution is 0.0907. The highest BCUT2D eigenvalue weighted by molar-refractivity contribution is 14.0. The molecule has 0 bridgehead atoms. The van der Waals surface area contributed by atoms with Crippen molar-refractivity contribution in [3.63, 3.8) is 0 Å². The van der Waals surface area contributed by atoms with Gasteiger partial charge in [0, 0.05) is 32.6 Å². The molecule has 2 aromatic rings. The third-order valence-corrected chi connectivity index (χ3v) is 5.08. The van der Waals surface area contributed by atoms with E-state index in [1.807, 2.05) is 13.1 Å². The third-order valence-electron chi connectivity index (χ3n) is 5.08. The Morgan fingerprint density at radius 2 is 1.86 bits per heavy atom. The number of aliphatic imine (C=N–C) groups is 1. The lowest BCUT2D eigenvalue weighted by Crippen LogP contribution is -2.41. The van der Waals surface area contributed by atoms with E-state index < -0.39 is 0 Å². The Kier molecular flexibility index (Phi) is 9.78. The Morgan fingerprint density at radius 3 is 2.57 bits per heavy atom. The lowest BCUT2D eigenvalue weighted by atomic mass is 10.1. The summed E-state index contributed by atoms with van der Waals surface area (Å²) in [6.45, 7) is 6.59. The molecule has 0 aliphatic carbocycles. The first-order valence-electron chi connectivity index (χ1n) is 9.87. The van der Waals surface area contributed by atoms with Crippen molar-refractivity contribution in [1.82, 2.24) is 10.2 Å². The summed E-state index contributed by atoms with van der Waals surface area (Å²) in [6.07, 6.45) is 2.17. The van der Waals surface area contributed by atoms with Crippen LogP contribution in [0.3, 0.4) is 0 Å². The normalized spacial score (nSPS) is 16.7. The molecule has 0 amide bonds. The number of nitrogens with one attached hydrogen (secondary N) is 1. The Morgan fingerprint density at radius 1 is 1.11 bits per heavy atom. The van der Waals surface area contributed by atoms with Gasteiger partial charge in [0.15, 0.2) is 5.96 Å². The van der Waals surface area contributed by atoms with Gasteiger partial charge in [0.1, 0.15) is 0 Å². The zero-order valence-corrected chi connectivity index (χ0v) is 19.3. The van der Waals surface area contributed by atoms with E-state index in [1.54, 1.807) is 0 Å². The summed E-state index contributed by atoms with van der Waals surface area (Å²) in [4.78, 5) is 6.82. The minimum Gasteiger partial charge on any atom is -0.376 e. The summed E-state index contributed by atoms with van der Waals surface area (Å²) in [5, 5.41) is 3.51. The molecule has 1 fully saturated rings. The predicted octanol–water partition coefficient (Wildman–Crippen LogP) is 4.27. The Bertz CT molecular complexity index is 718. The van der Waals surface area contributed by atoms with Gasteiger partial charge in [-0.3, -0.25) is 4.99 Å². The van der Waals surface area contributed by atoms with Crippen LogP contribution in [0, 0.1) is 12.8 Å². The van der Waals surface area contributed by atoms with E-state index in [4.69, 9.17) is 4.74 Å². The number of aryl methyl sites for hydroxylation is 1. The number of halogens is 1. The third kappa shape index (κ3) is 7.09. The Hall–Kier alpha value is -1.60. The molecule has 1 aliphatic heterocycles. The molecule has 1 saturated heterocycles. The van der Waals surface area contributed by atoms with Crippen molar-refractivity contribution in [2.75, 3.05) is 33.3 Å². The van der Waals surface area contributed by atoms with Gasteiger partial charge in [-0.2, -0.15) is 0 Å². The molecule has 152 valence electrons. The molecule has 1 unspecified atom stereocenters. The number of guanidine groups is 1. The highest BCUT2D eigenvalue weighted by atomic mass is 127. The molecule has 1 heterocycles. The van der Waals surface area contributed by atoms with Crippen LogP contribution in [0.15, 0.2) is 59.6 Å². The first-order chi connectivity index (χ1) is 13.2. The van der Waals surface area contributed by atoms with Crippen molar-refractivity contribution in [3.8, 4) is 0 Å². The summed E-state index contributed by atoms with van der Waals surface area (Å²) in [7, 11) is 1.87. The second kappa shape index (κ2) is 12.1. The van der Waals surface area contributed by atoms with Gasteiger partial charge in [-0.25, -0.2) is 0 Å². The highest BCUT2D eigenvalue weighted by Gasteiger charge is 2.24. The molecule has 5 heteroatoms. The molecular weight excluding hydrogens is 461 g/mol. The number of benzene rings is 2. The van der Waals surface area contributed by atoms with Crippen molar-refractivity contribution < 1.29 is 4.74 Å². The Balaban J connectivity index is 0.00000280. The molecule has 2 aromatic carbocycles. The van der Waals surface area contributed by atoms with E-state index in [0.717, 1.165) is 45.0 Å². The molecule has 0 aromatic heterocycles. The molecule has 0 radical (unpaired) electrons. The fourth-order valence-corrected chi connectivity index (χ4v) is 3.48. The first-order valence-corrected chi connectivity index (χ1v) is 9.87. The number of hydrogen-bond donors (Lipinski definition) is 1. The number of rotatable bonds is 7. The zero-order valence-electron chi connectivity index (χ0n) is 16.9. The molecular formula is C23H32IN3O. The molecule has 1 aliphatic rings. The van der Waals surface area contributed by atoms with Gasteiger partial charge in [0.05, 0.1) is 13.2 Å². The van der Waals surface area contributed by atoms with Crippen LogP contribution in [0.2, 0.25) is 0 Å². The summed E-state index contributed by atoms with van der Waals surface area (Å²) in [6, 6.07) is 19.1. The molecule has 0 saturated carbocycles. The smallest absolute Gasteiger partial charge is 0.193 e. The van der Waals surface area contributed by atoms with Crippen LogP contribution in [-0.4, -0.2) is 44.1 Å². The zero-order chi connectivity index (χ0) is 18.9. The second-order valence-electron chi connectivity index (χ2n) is 7.31. The van der Waals surface area contributed by atoms with Gasteiger partial charge in [-0.05, 0) is 30.9 Å². The van der Waals surface area contributed by atoms with E-state index in [-0.39, 0.29) is 24.0 Å². The number of likely N-dealkylation sites (tertiary alicyclic amines) is 1. The largest absolute Gasteiger partial charge is 0.376 e.